The van der Waals surface area contributed by atoms with E-state index >= 15 is 0 Å². The van der Waals surface area contributed by atoms with Crippen molar-refractivity contribution < 1.29 is 9.53 Å². The van der Waals surface area contributed by atoms with E-state index in [1.54, 1.807) is 0 Å². The molecule has 1 amide bonds. The highest BCUT2D eigenvalue weighted by Gasteiger charge is 2.39. The van der Waals surface area contributed by atoms with Crippen molar-refractivity contribution in [3.8, 4) is 17.2 Å². The van der Waals surface area contributed by atoms with Gasteiger partial charge < -0.3 is 4.74 Å². The predicted octanol–water partition coefficient (Wildman–Crippen LogP) is 6.83. The number of hydrogen-bond acceptors (Lipinski definition) is 3. The zero-order valence-corrected chi connectivity index (χ0v) is 19.9. The van der Waals surface area contributed by atoms with E-state index in [4.69, 9.17) is 4.74 Å². The van der Waals surface area contributed by atoms with Crippen LogP contribution >= 0.6 is 0 Å². The number of aryl methyl sites for hydroxylation is 1. The lowest BCUT2D eigenvalue weighted by Crippen LogP contribution is -2.51. The van der Waals surface area contributed by atoms with E-state index < -0.39 is 0 Å². The Labute approximate surface area is 206 Å². The molecule has 2 bridgehead atoms. The molecule has 1 saturated heterocycles. The van der Waals surface area contributed by atoms with Crippen LogP contribution in [-0.4, -0.2) is 29.7 Å². The minimum Gasteiger partial charge on any atom is -0.448 e. The molecule has 0 aromatic heterocycles. The smallest absolute Gasteiger partial charge is 0.410 e. The maximum atomic E-state index is 13.4. The van der Waals surface area contributed by atoms with Crippen LogP contribution in [0.25, 0.3) is 16.7 Å². The van der Waals surface area contributed by atoms with Crippen molar-refractivity contribution in [1.82, 2.24) is 4.90 Å². The molecule has 2 atom stereocenters. The summed E-state index contributed by atoms with van der Waals surface area (Å²) in [6, 6.07) is 25.4. The number of rotatable bonds is 3. The van der Waals surface area contributed by atoms with Crippen molar-refractivity contribution >= 4 is 11.7 Å². The normalized spacial score (nSPS) is 20.5. The highest BCUT2D eigenvalue weighted by atomic mass is 16.6. The zero-order valence-electron chi connectivity index (χ0n) is 19.9. The van der Waals surface area contributed by atoms with Gasteiger partial charge in [0.15, 0.2) is 0 Å². The molecule has 3 aromatic carbocycles. The van der Waals surface area contributed by atoms with E-state index in [1.807, 2.05) is 24.0 Å². The first-order valence-electron chi connectivity index (χ1n) is 12.5. The number of ether oxygens (including phenoxy) is 1. The molecule has 4 nitrogen and oxygen atoms in total. The molecule has 0 saturated carbocycles. The second kappa shape index (κ2) is 8.74. The van der Waals surface area contributed by atoms with Crippen molar-refractivity contribution in [2.75, 3.05) is 6.61 Å². The molecular weight excluding hydrogens is 432 g/mol. The monoisotopic (exact) mass is 460 g/mol. The number of fused-ring (bicyclic) bond motifs is 5. The van der Waals surface area contributed by atoms with Crippen LogP contribution in [0.2, 0.25) is 0 Å². The third-order valence-corrected chi connectivity index (χ3v) is 7.90. The third kappa shape index (κ3) is 3.72. The summed E-state index contributed by atoms with van der Waals surface area (Å²) >= 11 is 0. The summed E-state index contributed by atoms with van der Waals surface area (Å²) in [5.74, 6) is 0.0729. The van der Waals surface area contributed by atoms with Crippen LogP contribution in [0.5, 0.6) is 0 Å². The first kappa shape index (κ1) is 21.7. The van der Waals surface area contributed by atoms with Crippen molar-refractivity contribution in [3.63, 3.8) is 0 Å². The quantitative estimate of drug-likeness (QED) is 0.431. The number of nitriles is 1. The number of amides is 1. The SMILES string of the molecule is Cc1cc(C2=CC3CCCC(C2)N3C(=O)OCC2c3ccccc3-c3ccccc32)ccc1C#N. The van der Waals surface area contributed by atoms with Crippen molar-refractivity contribution in [3.05, 3.63) is 101 Å². The van der Waals surface area contributed by atoms with Crippen LogP contribution in [0.4, 0.5) is 4.79 Å². The average Bonchev–Trinajstić information content (AvgIpc) is 3.20. The lowest BCUT2D eigenvalue weighted by molar-refractivity contribution is 0.0539. The van der Waals surface area contributed by atoms with E-state index in [0.717, 1.165) is 36.8 Å². The maximum absolute atomic E-state index is 13.4. The molecule has 0 spiro atoms. The van der Waals surface area contributed by atoms with Gasteiger partial charge in [0.2, 0.25) is 0 Å². The Morgan fingerprint density at radius 1 is 1.03 bits per heavy atom. The van der Waals surface area contributed by atoms with Gasteiger partial charge in [-0.25, -0.2) is 4.79 Å². The molecule has 6 rings (SSSR count). The first-order chi connectivity index (χ1) is 17.1. The van der Waals surface area contributed by atoms with Crippen LogP contribution in [0.3, 0.4) is 0 Å². The van der Waals surface area contributed by atoms with Gasteiger partial charge in [0.25, 0.3) is 0 Å². The number of carbonyl (C=O) groups excluding carboxylic acids is 1. The highest BCUT2D eigenvalue weighted by Crippen LogP contribution is 2.45. The molecule has 0 radical (unpaired) electrons. The van der Waals surface area contributed by atoms with E-state index in [2.05, 4.69) is 66.7 Å². The molecule has 35 heavy (non-hydrogen) atoms. The number of carbonyl (C=O) groups is 1. The lowest BCUT2D eigenvalue weighted by atomic mass is 9.82. The molecule has 1 fully saturated rings. The summed E-state index contributed by atoms with van der Waals surface area (Å²) in [6.45, 7) is 2.34. The second-order valence-corrected chi connectivity index (χ2v) is 9.90. The van der Waals surface area contributed by atoms with Crippen LogP contribution < -0.4 is 0 Å². The van der Waals surface area contributed by atoms with Crippen LogP contribution in [0, 0.1) is 18.3 Å². The van der Waals surface area contributed by atoms with Crippen LogP contribution in [-0.2, 0) is 4.74 Å². The molecule has 0 N–H and O–H groups in total. The lowest BCUT2D eigenvalue weighted by Gasteiger charge is -2.44. The number of hydrogen-bond donors (Lipinski definition) is 0. The first-order valence-corrected chi connectivity index (χ1v) is 12.5. The van der Waals surface area contributed by atoms with Crippen molar-refractivity contribution in [1.29, 1.82) is 5.26 Å². The Morgan fingerprint density at radius 2 is 1.74 bits per heavy atom. The summed E-state index contributed by atoms with van der Waals surface area (Å²) in [7, 11) is 0. The maximum Gasteiger partial charge on any atom is 0.410 e. The zero-order chi connectivity index (χ0) is 23.9. The summed E-state index contributed by atoms with van der Waals surface area (Å²) in [5, 5.41) is 9.26. The van der Waals surface area contributed by atoms with Gasteiger partial charge in [-0.05, 0) is 77.6 Å². The fourth-order valence-corrected chi connectivity index (χ4v) is 6.19. The van der Waals surface area contributed by atoms with E-state index in [-0.39, 0.29) is 24.1 Å². The Kier molecular flexibility index (Phi) is 5.41. The fourth-order valence-electron chi connectivity index (χ4n) is 6.19. The Morgan fingerprint density at radius 3 is 2.40 bits per heavy atom. The number of nitrogens with zero attached hydrogens (tertiary/aromatic N) is 2. The predicted molar refractivity (Wildman–Crippen MR) is 137 cm³/mol. The van der Waals surface area contributed by atoms with Gasteiger partial charge in [-0.1, -0.05) is 66.7 Å². The molecule has 2 unspecified atom stereocenters. The summed E-state index contributed by atoms with van der Waals surface area (Å²) in [4.78, 5) is 15.4. The standard InChI is InChI=1S/C31H28N2O2/c1-20-15-21(13-14-22(20)18-32)23-16-24-7-6-8-25(17-23)33(24)31(34)35-19-30-28-11-4-2-9-26(28)27-10-3-5-12-29(27)30/h2-5,9-16,24-25,30H,6-8,17,19H2,1H3. The van der Waals surface area contributed by atoms with Gasteiger partial charge in [0.1, 0.15) is 6.61 Å². The molecule has 174 valence electrons. The molecule has 3 aliphatic rings. The fraction of sp³-hybridized carbons (Fsp3) is 0.290. The third-order valence-electron chi connectivity index (χ3n) is 7.90. The van der Waals surface area contributed by atoms with Gasteiger partial charge in [0.05, 0.1) is 17.7 Å². The van der Waals surface area contributed by atoms with Crippen molar-refractivity contribution in [2.45, 2.75) is 50.6 Å². The average molecular weight is 461 g/mol. The van der Waals surface area contributed by atoms with Crippen molar-refractivity contribution in [2.24, 2.45) is 0 Å². The van der Waals surface area contributed by atoms with Gasteiger partial charge in [0, 0.05) is 12.0 Å². The molecule has 4 heteroatoms. The Hall–Kier alpha value is -3.84. The van der Waals surface area contributed by atoms with E-state index in [9.17, 15) is 10.1 Å². The molecule has 1 aliphatic carbocycles. The Balaban J connectivity index is 1.22. The number of benzene rings is 3. The van der Waals surface area contributed by atoms with E-state index in [1.165, 1.54) is 27.8 Å². The molecule has 3 aromatic rings. The van der Waals surface area contributed by atoms with Gasteiger partial charge in [-0.3, -0.25) is 4.90 Å². The molecule has 2 aliphatic heterocycles. The van der Waals surface area contributed by atoms with E-state index in [0.29, 0.717) is 12.2 Å². The molecular formula is C31H28N2O2. The van der Waals surface area contributed by atoms with Crippen LogP contribution in [0.1, 0.15) is 59.4 Å². The van der Waals surface area contributed by atoms with Gasteiger partial charge in [-0.15, -0.1) is 0 Å². The highest BCUT2D eigenvalue weighted by molar-refractivity contribution is 5.79. The minimum absolute atomic E-state index is 0.0594. The topological polar surface area (TPSA) is 53.3 Å². The van der Waals surface area contributed by atoms with Gasteiger partial charge >= 0.3 is 6.09 Å². The summed E-state index contributed by atoms with van der Waals surface area (Å²) in [6.07, 6.45) is 5.95. The largest absolute Gasteiger partial charge is 0.448 e. The summed E-state index contributed by atoms with van der Waals surface area (Å²) in [5.41, 5.74) is 9.09. The number of piperidine rings is 1. The molecule has 2 heterocycles. The second-order valence-electron chi connectivity index (χ2n) is 9.90. The van der Waals surface area contributed by atoms with Gasteiger partial charge in [-0.2, -0.15) is 5.26 Å². The summed E-state index contributed by atoms with van der Waals surface area (Å²) < 4.78 is 6.03. The Bertz CT molecular complexity index is 1340. The minimum atomic E-state index is -0.201. The van der Waals surface area contributed by atoms with Crippen LogP contribution in [0.15, 0.2) is 72.8 Å².